The summed E-state index contributed by atoms with van der Waals surface area (Å²) in [4.78, 5) is 19.5. The summed E-state index contributed by atoms with van der Waals surface area (Å²) < 4.78 is 0. The first-order chi connectivity index (χ1) is 4.57. The Morgan fingerprint density at radius 2 is 2.30 bits per heavy atom. The lowest BCUT2D eigenvalue weighted by atomic mass is 10.3. The van der Waals surface area contributed by atoms with Crippen LogP contribution in [0.2, 0.25) is 0 Å². The van der Waals surface area contributed by atoms with Gasteiger partial charge in [-0.15, -0.1) is 0 Å². The zero-order chi connectivity index (χ0) is 8.15. The molecule has 0 rings (SSSR count). The van der Waals surface area contributed by atoms with E-state index in [1.165, 1.54) is 0 Å². The predicted octanol–water partition coefficient (Wildman–Crippen LogP) is -0.877. The fraction of sp³-hybridized carbons (Fsp3) is 0.750. The molecule has 0 bridgehead atoms. The third-order valence-electron chi connectivity index (χ3n) is 0.830. The Morgan fingerprint density at radius 3 is 2.60 bits per heavy atom. The maximum atomic E-state index is 10.5. The Hall–Kier alpha value is -0.620. The number of nitrogens with zero attached hydrogens (tertiary/aromatic N) is 1. The van der Waals surface area contributed by atoms with Gasteiger partial charge < -0.3 is 5.11 Å². The monoisotopic (exact) mass is 165 g/mol. The van der Waals surface area contributed by atoms with E-state index in [0.717, 1.165) is 0 Å². The van der Waals surface area contributed by atoms with Gasteiger partial charge in [0.25, 0.3) is 6.54 Å². The number of Topliss-reactive ketones (excluding diaryl/α,β-unsaturated/α-hetero) is 1. The molecule has 0 aromatic carbocycles. The number of carbonyl (C=O) groups excluding carboxylic acids is 1. The normalized spacial score (nSPS) is 12.6. The molecule has 0 saturated carbocycles. The molecule has 1 unspecified atom stereocenters. The van der Waals surface area contributed by atoms with Crippen molar-refractivity contribution < 1.29 is 14.8 Å². The van der Waals surface area contributed by atoms with Crippen LogP contribution in [0.5, 0.6) is 0 Å². The Labute approximate surface area is 62.6 Å². The minimum Gasteiger partial charge on any atom is -0.395 e. The Kier molecular flexibility index (Phi) is 3.97. The van der Waals surface area contributed by atoms with Crippen LogP contribution in [0.4, 0.5) is 0 Å². The summed E-state index contributed by atoms with van der Waals surface area (Å²) in [6.07, 6.45) is 0. The van der Waals surface area contributed by atoms with Gasteiger partial charge in [-0.1, -0.05) is 0 Å². The molecule has 0 heterocycles. The average molecular weight is 165 g/mol. The van der Waals surface area contributed by atoms with Crippen molar-refractivity contribution >= 4 is 18.4 Å². The van der Waals surface area contributed by atoms with Crippen LogP contribution in [0, 0.1) is 10.1 Å². The lowest BCUT2D eigenvalue weighted by molar-refractivity contribution is -0.467. The van der Waals surface area contributed by atoms with Gasteiger partial charge in [0, 0.05) is 4.92 Å². The first kappa shape index (κ1) is 9.38. The van der Waals surface area contributed by atoms with Crippen LogP contribution in [0.1, 0.15) is 0 Å². The summed E-state index contributed by atoms with van der Waals surface area (Å²) >= 11 is 3.60. The number of aliphatic hydroxyl groups excluding tert-OH is 1. The summed E-state index contributed by atoms with van der Waals surface area (Å²) in [7, 11) is 0. The molecule has 10 heavy (non-hydrogen) atoms. The van der Waals surface area contributed by atoms with Gasteiger partial charge in [0.05, 0.1) is 11.9 Å². The molecule has 0 aliphatic heterocycles. The molecule has 6 heteroatoms. The van der Waals surface area contributed by atoms with Gasteiger partial charge in [0.1, 0.15) is 0 Å². The van der Waals surface area contributed by atoms with Gasteiger partial charge in [-0.05, 0) is 0 Å². The number of carbonyl (C=O) groups is 1. The highest BCUT2D eigenvalue weighted by molar-refractivity contribution is 7.81. The summed E-state index contributed by atoms with van der Waals surface area (Å²) in [5.41, 5.74) is 0. The predicted molar refractivity (Wildman–Crippen MR) is 36.7 cm³/mol. The molecule has 0 aromatic rings. The van der Waals surface area contributed by atoms with Crippen molar-refractivity contribution in [1.82, 2.24) is 0 Å². The quantitative estimate of drug-likeness (QED) is 0.322. The molecule has 0 amide bonds. The molecule has 0 fully saturated rings. The van der Waals surface area contributed by atoms with E-state index in [4.69, 9.17) is 5.11 Å². The summed E-state index contributed by atoms with van der Waals surface area (Å²) in [6.45, 7) is -1.23. The molecule has 5 nitrogen and oxygen atoms in total. The van der Waals surface area contributed by atoms with E-state index in [1.54, 1.807) is 0 Å². The summed E-state index contributed by atoms with van der Waals surface area (Å²) in [6, 6.07) is 0. The third kappa shape index (κ3) is 3.41. The second-order valence-electron chi connectivity index (χ2n) is 1.66. The van der Waals surface area contributed by atoms with Crippen LogP contribution in [0.25, 0.3) is 0 Å². The van der Waals surface area contributed by atoms with E-state index in [1.807, 2.05) is 0 Å². The average Bonchev–Trinajstić information content (AvgIpc) is 1.85. The number of rotatable bonds is 4. The van der Waals surface area contributed by atoms with Crippen LogP contribution in [0.15, 0.2) is 0 Å². The number of thiol groups is 1. The zero-order valence-electron chi connectivity index (χ0n) is 5.06. The SMILES string of the molecule is O=C(C[N+](=O)[O-])C(S)CO. The van der Waals surface area contributed by atoms with Crippen LogP contribution < -0.4 is 0 Å². The zero-order valence-corrected chi connectivity index (χ0v) is 5.95. The molecular formula is C4H7NO4S. The van der Waals surface area contributed by atoms with Gasteiger partial charge in [-0.2, -0.15) is 12.6 Å². The van der Waals surface area contributed by atoms with E-state index >= 15 is 0 Å². The third-order valence-corrected chi connectivity index (χ3v) is 1.28. The Morgan fingerprint density at radius 1 is 1.80 bits per heavy atom. The molecular weight excluding hydrogens is 158 g/mol. The standard InChI is InChI=1S/C4H7NO4S/c6-2-4(10)3(7)1-5(8)9/h4,6,10H,1-2H2. The molecule has 0 spiro atoms. The molecule has 1 N–H and O–H groups in total. The molecule has 58 valence electrons. The van der Waals surface area contributed by atoms with E-state index in [2.05, 4.69) is 12.6 Å². The molecule has 0 saturated heterocycles. The number of nitro groups is 1. The number of aliphatic hydroxyl groups is 1. The maximum Gasteiger partial charge on any atom is 0.262 e. The summed E-state index contributed by atoms with van der Waals surface area (Å²) in [5.74, 6) is -0.671. The van der Waals surface area contributed by atoms with Gasteiger partial charge in [0.2, 0.25) is 5.78 Å². The van der Waals surface area contributed by atoms with Crippen LogP contribution in [-0.4, -0.2) is 34.2 Å². The maximum absolute atomic E-state index is 10.5. The summed E-state index contributed by atoms with van der Waals surface area (Å²) in [5, 5.41) is 17.1. The molecule has 0 aliphatic rings. The smallest absolute Gasteiger partial charge is 0.262 e. The van der Waals surface area contributed by atoms with Gasteiger partial charge in [0.15, 0.2) is 0 Å². The highest BCUT2D eigenvalue weighted by Gasteiger charge is 2.17. The van der Waals surface area contributed by atoms with E-state index < -0.39 is 29.1 Å². The van der Waals surface area contributed by atoms with Gasteiger partial charge >= 0.3 is 0 Å². The minimum atomic E-state index is -0.926. The number of hydrogen-bond acceptors (Lipinski definition) is 5. The first-order valence-corrected chi connectivity index (χ1v) is 3.03. The van der Waals surface area contributed by atoms with Crippen LogP contribution in [0.3, 0.4) is 0 Å². The largest absolute Gasteiger partial charge is 0.395 e. The fourth-order valence-electron chi connectivity index (χ4n) is 0.334. The van der Waals surface area contributed by atoms with Crippen molar-refractivity contribution in [3.8, 4) is 0 Å². The topological polar surface area (TPSA) is 80.4 Å². The second kappa shape index (κ2) is 4.24. The Bertz CT molecular complexity index is 148. The highest BCUT2D eigenvalue weighted by atomic mass is 32.1. The van der Waals surface area contributed by atoms with Gasteiger partial charge in [-0.3, -0.25) is 14.9 Å². The first-order valence-electron chi connectivity index (χ1n) is 2.51. The molecule has 1 atom stereocenters. The van der Waals surface area contributed by atoms with E-state index in [0.29, 0.717) is 0 Å². The Balaban J connectivity index is 3.73. The van der Waals surface area contributed by atoms with E-state index in [-0.39, 0.29) is 0 Å². The second-order valence-corrected chi connectivity index (χ2v) is 2.28. The van der Waals surface area contributed by atoms with E-state index in [9.17, 15) is 14.9 Å². The van der Waals surface area contributed by atoms with Crippen molar-refractivity contribution in [3.63, 3.8) is 0 Å². The number of hydrogen-bond donors (Lipinski definition) is 2. The van der Waals surface area contributed by atoms with Crippen molar-refractivity contribution in [1.29, 1.82) is 0 Å². The fourth-order valence-corrected chi connectivity index (χ4v) is 0.416. The highest BCUT2D eigenvalue weighted by Crippen LogP contribution is 1.94. The van der Waals surface area contributed by atoms with Crippen LogP contribution >= 0.6 is 12.6 Å². The molecule has 0 radical (unpaired) electrons. The molecule has 0 aliphatic carbocycles. The van der Waals surface area contributed by atoms with Crippen molar-refractivity contribution in [2.75, 3.05) is 13.2 Å². The van der Waals surface area contributed by atoms with Crippen molar-refractivity contribution in [2.24, 2.45) is 0 Å². The lowest BCUT2D eigenvalue weighted by Crippen LogP contribution is -2.25. The van der Waals surface area contributed by atoms with Crippen LogP contribution in [-0.2, 0) is 4.79 Å². The van der Waals surface area contributed by atoms with Gasteiger partial charge in [-0.25, -0.2) is 0 Å². The lowest BCUT2D eigenvalue weighted by Gasteiger charge is -1.99. The van der Waals surface area contributed by atoms with Crippen molar-refractivity contribution in [2.45, 2.75) is 5.25 Å². The number of ketones is 1. The van der Waals surface area contributed by atoms with Crippen molar-refractivity contribution in [3.05, 3.63) is 10.1 Å². The minimum absolute atomic E-state index is 0.463. The molecule has 0 aromatic heterocycles.